The van der Waals surface area contributed by atoms with Gasteiger partial charge in [-0.15, -0.1) is 0 Å². The molecule has 0 atom stereocenters. The number of piperazine rings is 2. The van der Waals surface area contributed by atoms with Gasteiger partial charge < -0.3 is 19.6 Å². The Kier molecular flexibility index (Phi) is 6.97. The summed E-state index contributed by atoms with van der Waals surface area (Å²) < 4.78 is 0. The van der Waals surface area contributed by atoms with Crippen molar-refractivity contribution in [3.8, 4) is 6.07 Å². The van der Waals surface area contributed by atoms with Gasteiger partial charge in [0, 0.05) is 63.7 Å². The highest BCUT2D eigenvalue weighted by molar-refractivity contribution is 5.74. The first-order valence-corrected chi connectivity index (χ1v) is 13.2. The molecule has 5 nitrogen and oxygen atoms in total. The molecule has 0 aromatic heterocycles. The van der Waals surface area contributed by atoms with Crippen molar-refractivity contribution in [2.45, 2.75) is 44.9 Å². The average molecular weight is 458 g/mol. The van der Waals surface area contributed by atoms with Gasteiger partial charge in [0.2, 0.25) is 0 Å². The predicted molar refractivity (Wildman–Crippen MR) is 142 cm³/mol. The topological polar surface area (TPSA) is 36.8 Å². The molecular weight excluding hydrogens is 418 g/mol. The van der Waals surface area contributed by atoms with Gasteiger partial charge >= 0.3 is 0 Å². The fraction of sp³-hybridized carbons (Fsp3) is 0.552. The summed E-state index contributed by atoms with van der Waals surface area (Å²) in [4.78, 5) is 9.83. The van der Waals surface area contributed by atoms with Crippen molar-refractivity contribution in [1.29, 1.82) is 5.26 Å². The van der Waals surface area contributed by atoms with E-state index in [1.165, 1.54) is 54.6 Å². The fourth-order valence-corrected chi connectivity index (χ4v) is 6.16. The van der Waals surface area contributed by atoms with Gasteiger partial charge in [-0.25, -0.2) is 0 Å². The molecule has 5 heteroatoms. The molecule has 3 fully saturated rings. The number of likely N-dealkylation sites (N-methyl/N-ethyl adjacent to an activating group) is 1. The molecule has 2 aliphatic heterocycles. The molecule has 0 spiro atoms. The molecule has 0 radical (unpaired) electrons. The third kappa shape index (κ3) is 4.74. The summed E-state index contributed by atoms with van der Waals surface area (Å²) in [6.45, 7) is 10.4. The molecule has 2 heterocycles. The second-order valence-corrected chi connectivity index (χ2v) is 10.4. The lowest BCUT2D eigenvalue weighted by Gasteiger charge is -2.40. The monoisotopic (exact) mass is 457 g/mol. The largest absolute Gasteiger partial charge is 0.369 e. The SMILES string of the molecule is Cc1c(N2CCN(C)CC2)ccc(C#N)c1N1CCN(c2ccc(C3CCCCC3)cc2)CC1. The van der Waals surface area contributed by atoms with Gasteiger partial charge in [-0.1, -0.05) is 31.4 Å². The Labute approximate surface area is 205 Å². The second-order valence-electron chi connectivity index (χ2n) is 10.4. The zero-order chi connectivity index (χ0) is 23.5. The lowest BCUT2D eigenvalue weighted by atomic mass is 9.84. The van der Waals surface area contributed by atoms with Gasteiger partial charge in [0.15, 0.2) is 0 Å². The minimum absolute atomic E-state index is 0.764. The fourth-order valence-electron chi connectivity index (χ4n) is 6.16. The first-order chi connectivity index (χ1) is 16.6. The molecule has 1 aliphatic carbocycles. The van der Waals surface area contributed by atoms with E-state index < -0.39 is 0 Å². The third-order valence-electron chi connectivity index (χ3n) is 8.30. The van der Waals surface area contributed by atoms with Crippen molar-refractivity contribution in [2.24, 2.45) is 0 Å². The van der Waals surface area contributed by atoms with E-state index >= 15 is 0 Å². The summed E-state index contributed by atoms with van der Waals surface area (Å²) in [6, 6.07) is 16.1. The molecule has 0 bridgehead atoms. The van der Waals surface area contributed by atoms with Crippen molar-refractivity contribution >= 4 is 17.1 Å². The van der Waals surface area contributed by atoms with Gasteiger partial charge in [0.1, 0.15) is 6.07 Å². The molecule has 2 aromatic carbocycles. The molecule has 0 N–H and O–H groups in total. The lowest BCUT2D eigenvalue weighted by Crippen LogP contribution is -2.47. The third-order valence-corrected chi connectivity index (χ3v) is 8.30. The molecule has 1 saturated carbocycles. The molecule has 2 saturated heterocycles. The minimum Gasteiger partial charge on any atom is -0.369 e. The predicted octanol–water partition coefficient (Wildman–Crippen LogP) is 4.99. The summed E-state index contributed by atoms with van der Waals surface area (Å²) in [5.41, 5.74) is 7.36. The normalized spacial score (nSPS) is 20.4. The van der Waals surface area contributed by atoms with Crippen molar-refractivity contribution in [1.82, 2.24) is 4.90 Å². The number of hydrogen-bond donors (Lipinski definition) is 0. The van der Waals surface area contributed by atoms with E-state index in [0.29, 0.717) is 0 Å². The van der Waals surface area contributed by atoms with Gasteiger partial charge in [-0.05, 0) is 68.1 Å². The van der Waals surface area contributed by atoms with Crippen LogP contribution in [0.5, 0.6) is 0 Å². The van der Waals surface area contributed by atoms with Crippen LogP contribution in [0.4, 0.5) is 17.1 Å². The van der Waals surface area contributed by atoms with Crippen molar-refractivity contribution in [2.75, 3.05) is 74.1 Å². The number of nitriles is 1. The van der Waals surface area contributed by atoms with E-state index in [-0.39, 0.29) is 0 Å². The van der Waals surface area contributed by atoms with Gasteiger partial charge in [-0.2, -0.15) is 5.26 Å². The van der Waals surface area contributed by atoms with E-state index in [9.17, 15) is 5.26 Å². The Morgan fingerprint density at radius 1 is 0.735 bits per heavy atom. The van der Waals surface area contributed by atoms with Crippen LogP contribution >= 0.6 is 0 Å². The quantitative estimate of drug-likeness (QED) is 0.646. The van der Waals surface area contributed by atoms with Crippen LogP contribution in [0.25, 0.3) is 0 Å². The number of nitrogens with zero attached hydrogens (tertiary/aromatic N) is 5. The van der Waals surface area contributed by atoms with Gasteiger partial charge in [0.25, 0.3) is 0 Å². The van der Waals surface area contributed by atoms with E-state index in [4.69, 9.17) is 0 Å². The van der Waals surface area contributed by atoms with E-state index in [2.05, 4.69) is 70.0 Å². The zero-order valence-electron chi connectivity index (χ0n) is 21.0. The van der Waals surface area contributed by atoms with Gasteiger partial charge in [0.05, 0.1) is 11.3 Å². The first-order valence-electron chi connectivity index (χ1n) is 13.2. The number of benzene rings is 2. The van der Waals surface area contributed by atoms with E-state index in [0.717, 1.165) is 69.5 Å². The Bertz CT molecular complexity index is 1000. The molecule has 2 aromatic rings. The smallest absolute Gasteiger partial charge is 0.101 e. The first kappa shape index (κ1) is 23.1. The maximum absolute atomic E-state index is 9.87. The molecule has 34 heavy (non-hydrogen) atoms. The number of hydrogen-bond acceptors (Lipinski definition) is 5. The maximum atomic E-state index is 9.87. The highest BCUT2D eigenvalue weighted by Crippen LogP contribution is 2.36. The molecule has 180 valence electrons. The van der Waals surface area contributed by atoms with Crippen LogP contribution in [-0.4, -0.2) is 64.3 Å². The van der Waals surface area contributed by atoms with Crippen molar-refractivity contribution in [3.05, 3.63) is 53.1 Å². The summed E-state index contributed by atoms with van der Waals surface area (Å²) in [5, 5.41) is 9.87. The Hall–Kier alpha value is -2.71. The molecular formula is C29H39N5. The highest BCUT2D eigenvalue weighted by atomic mass is 15.3. The van der Waals surface area contributed by atoms with Crippen LogP contribution in [0, 0.1) is 18.3 Å². The molecule has 3 aliphatic rings. The molecule has 0 unspecified atom stereocenters. The van der Waals surface area contributed by atoms with Crippen LogP contribution in [-0.2, 0) is 0 Å². The van der Waals surface area contributed by atoms with Crippen LogP contribution in [0.15, 0.2) is 36.4 Å². The Morgan fingerprint density at radius 2 is 1.35 bits per heavy atom. The second kappa shape index (κ2) is 10.3. The standard InChI is InChI=1S/C29H39N5/c1-23-28(33-16-14-31(2)15-17-33)13-10-26(22-30)29(23)34-20-18-32(19-21-34)27-11-8-25(9-12-27)24-6-4-3-5-7-24/h8-13,24H,3-7,14-21H2,1-2H3. The Morgan fingerprint density at radius 3 is 2.00 bits per heavy atom. The Balaban J connectivity index is 1.28. The molecule has 5 rings (SSSR count). The van der Waals surface area contributed by atoms with E-state index in [1.807, 2.05) is 6.07 Å². The van der Waals surface area contributed by atoms with Crippen LogP contribution in [0.1, 0.15) is 54.7 Å². The van der Waals surface area contributed by atoms with Gasteiger partial charge in [-0.3, -0.25) is 0 Å². The zero-order valence-corrected chi connectivity index (χ0v) is 21.0. The van der Waals surface area contributed by atoms with Crippen LogP contribution in [0.3, 0.4) is 0 Å². The minimum atomic E-state index is 0.764. The van der Waals surface area contributed by atoms with Crippen molar-refractivity contribution in [3.63, 3.8) is 0 Å². The summed E-state index contributed by atoms with van der Waals surface area (Å²) >= 11 is 0. The summed E-state index contributed by atoms with van der Waals surface area (Å²) in [5.74, 6) is 0.764. The maximum Gasteiger partial charge on any atom is 0.101 e. The van der Waals surface area contributed by atoms with Crippen LogP contribution in [0.2, 0.25) is 0 Å². The van der Waals surface area contributed by atoms with Crippen molar-refractivity contribution < 1.29 is 0 Å². The summed E-state index contributed by atoms with van der Waals surface area (Å²) in [6.07, 6.45) is 6.88. The number of anilines is 3. The van der Waals surface area contributed by atoms with E-state index in [1.54, 1.807) is 0 Å². The summed E-state index contributed by atoms with van der Waals surface area (Å²) in [7, 11) is 2.19. The van der Waals surface area contributed by atoms with Crippen LogP contribution < -0.4 is 14.7 Å². The average Bonchev–Trinajstić information content (AvgIpc) is 2.90. The molecule has 0 amide bonds. The highest BCUT2D eigenvalue weighted by Gasteiger charge is 2.25. The number of rotatable bonds is 4. The lowest BCUT2D eigenvalue weighted by molar-refractivity contribution is 0.312.